The van der Waals surface area contributed by atoms with Crippen LogP contribution < -0.4 is 4.90 Å². The summed E-state index contributed by atoms with van der Waals surface area (Å²) < 4.78 is 40.5. The molecule has 0 atom stereocenters. The maximum atomic E-state index is 13.1. The highest BCUT2D eigenvalue weighted by Crippen LogP contribution is 2.32. The third kappa shape index (κ3) is 3.72. The van der Waals surface area contributed by atoms with Gasteiger partial charge in [0.15, 0.2) is 11.5 Å². The molecule has 0 saturated carbocycles. The lowest BCUT2D eigenvalue weighted by Gasteiger charge is -2.15. The highest BCUT2D eigenvalue weighted by Gasteiger charge is 2.35. The van der Waals surface area contributed by atoms with Gasteiger partial charge in [-0.05, 0) is 18.2 Å². The summed E-state index contributed by atoms with van der Waals surface area (Å²) in [5, 5.41) is 4.05. The maximum absolute atomic E-state index is 13.1. The molecule has 0 N–H and O–H groups in total. The van der Waals surface area contributed by atoms with Crippen LogP contribution in [0.25, 0.3) is 5.52 Å². The first kappa shape index (κ1) is 19.4. The Labute approximate surface area is 162 Å². The van der Waals surface area contributed by atoms with E-state index in [4.69, 9.17) is 23.2 Å². The van der Waals surface area contributed by atoms with Gasteiger partial charge in [0.25, 0.3) is 0 Å². The van der Waals surface area contributed by atoms with Crippen molar-refractivity contribution in [3.8, 4) is 0 Å². The molecule has 10 heteroatoms. The van der Waals surface area contributed by atoms with Crippen LogP contribution in [0.15, 0.2) is 30.6 Å². The van der Waals surface area contributed by atoms with Crippen LogP contribution in [0.4, 0.5) is 19.0 Å². The third-order valence-electron chi connectivity index (χ3n) is 3.94. The molecule has 0 aliphatic carbocycles. The molecule has 27 heavy (non-hydrogen) atoms. The zero-order chi connectivity index (χ0) is 19.9. The Morgan fingerprint density at radius 3 is 2.37 bits per heavy atom. The van der Waals surface area contributed by atoms with E-state index in [9.17, 15) is 18.0 Å². The predicted octanol–water partition coefficient (Wildman–Crippen LogP) is 4.55. The molecular weight excluding hydrogens is 404 g/mol. The fourth-order valence-corrected chi connectivity index (χ4v) is 3.14. The minimum atomic E-state index is -4.63. The van der Waals surface area contributed by atoms with Crippen molar-refractivity contribution in [1.29, 1.82) is 0 Å². The molecule has 0 aromatic carbocycles. The van der Waals surface area contributed by atoms with Gasteiger partial charge in [0.1, 0.15) is 5.82 Å². The van der Waals surface area contributed by atoms with Crippen molar-refractivity contribution in [3.63, 3.8) is 0 Å². The molecule has 3 aromatic rings. The summed E-state index contributed by atoms with van der Waals surface area (Å²) in [6.07, 6.45) is -2.11. The molecule has 0 saturated heterocycles. The maximum Gasteiger partial charge on any atom is 0.435 e. The van der Waals surface area contributed by atoms with Crippen LogP contribution in [0.3, 0.4) is 0 Å². The standard InChI is InChI=1S/C17H13Cl2F3N4O/c1-25(2)16-4-3-9(13-6-15(17(20,21)22)24-26(13)16)14(27)5-10-11(18)7-23-8-12(10)19/h3-4,6-8H,5H2,1-2H3. The number of halogens is 5. The molecule has 0 unspecified atom stereocenters. The fraction of sp³-hybridized carbons (Fsp3) is 0.235. The first-order valence-electron chi connectivity index (χ1n) is 7.68. The van der Waals surface area contributed by atoms with Crippen LogP contribution >= 0.6 is 23.2 Å². The van der Waals surface area contributed by atoms with E-state index < -0.39 is 17.7 Å². The molecule has 0 spiro atoms. The summed E-state index contributed by atoms with van der Waals surface area (Å²) in [6.45, 7) is 0. The number of hydrogen-bond acceptors (Lipinski definition) is 4. The van der Waals surface area contributed by atoms with Gasteiger partial charge in [-0.1, -0.05) is 23.2 Å². The van der Waals surface area contributed by atoms with E-state index in [-0.39, 0.29) is 27.5 Å². The summed E-state index contributed by atoms with van der Waals surface area (Å²) in [5.41, 5.74) is -0.568. The first-order chi connectivity index (χ1) is 12.6. The number of pyridine rings is 2. The molecule has 0 amide bonds. The smallest absolute Gasteiger partial charge is 0.363 e. The van der Waals surface area contributed by atoms with Gasteiger partial charge in [-0.2, -0.15) is 18.3 Å². The van der Waals surface area contributed by atoms with E-state index in [1.807, 2.05) is 0 Å². The minimum absolute atomic E-state index is 0.0554. The van der Waals surface area contributed by atoms with Gasteiger partial charge in [-0.15, -0.1) is 0 Å². The molecule has 0 bridgehead atoms. The lowest BCUT2D eigenvalue weighted by Crippen LogP contribution is -2.16. The highest BCUT2D eigenvalue weighted by atomic mass is 35.5. The van der Waals surface area contributed by atoms with Gasteiger partial charge in [-0.25, -0.2) is 4.52 Å². The average molecular weight is 417 g/mol. The second-order valence-electron chi connectivity index (χ2n) is 6.01. The number of fused-ring (bicyclic) bond motifs is 1. The topological polar surface area (TPSA) is 50.5 Å². The van der Waals surface area contributed by atoms with Crippen molar-refractivity contribution in [1.82, 2.24) is 14.6 Å². The monoisotopic (exact) mass is 416 g/mol. The van der Waals surface area contributed by atoms with E-state index in [1.54, 1.807) is 19.0 Å². The Morgan fingerprint density at radius 2 is 1.81 bits per heavy atom. The lowest BCUT2D eigenvalue weighted by atomic mass is 10.0. The van der Waals surface area contributed by atoms with Gasteiger partial charge in [-0.3, -0.25) is 9.78 Å². The zero-order valence-corrected chi connectivity index (χ0v) is 15.7. The van der Waals surface area contributed by atoms with Crippen LogP contribution in [-0.2, 0) is 12.6 Å². The van der Waals surface area contributed by atoms with Crippen LogP contribution in [0, 0.1) is 0 Å². The van der Waals surface area contributed by atoms with Crippen LogP contribution in [0.5, 0.6) is 0 Å². The van der Waals surface area contributed by atoms with Crippen LogP contribution in [0.1, 0.15) is 21.6 Å². The van der Waals surface area contributed by atoms with Crippen molar-refractivity contribution in [2.75, 3.05) is 19.0 Å². The number of rotatable bonds is 4. The summed E-state index contributed by atoms with van der Waals surface area (Å²) in [4.78, 5) is 18.2. The minimum Gasteiger partial charge on any atom is -0.363 e. The Morgan fingerprint density at radius 1 is 1.19 bits per heavy atom. The van der Waals surface area contributed by atoms with Gasteiger partial charge >= 0.3 is 6.18 Å². The van der Waals surface area contributed by atoms with Crippen LogP contribution in [-0.4, -0.2) is 34.5 Å². The van der Waals surface area contributed by atoms with Gasteiger partial charge in [0.2, 0.25) is 0 Å². The van der Waals surface area contributed by atoms with E-state index in [2.05, 4.69) is 10.1 Å². The fourth-order valence-electron chi connectivity index (χ4n) is 2.64. The van der Waals surface area contributed by atoms with Gasteiger partial charge < -0.3 is 4.90 Å². The Balaban J connectivity index is 2.12. The molecule has 0 fully saturated rings. The Kier molecular flexibility index (Phi) is 5.05. The van der Waals surface area contributed by atoms with Crippen molar-refractivity contribution >= 4 is 40.3 Å². The highest BCUT2D eigenvalue weighted by molar-refractivity contribution is 6.36. The number of anilines is 1. The molecule has 0 aliphatic rings. The number of nitrogens with zero attached hydrogens (tertiary/aromatic N) is 4. The lowest BCUT2D eigenvalue weighted by molar-refractivity contribution is -0.141. The number of aromatic nitrogens is 3. The molecule has 5 nitrogen and oxygen atoms in total. The van der Waals surface area contributed by atoms with E-state index in [0.717, 1.165) is 10.6 Å². The van der Waals surface area contributed by atoms with E-state index >= 15 is 0 Å². The van der Waals surface area contributed by atoms with Crippen molar-refractivity contribution in [2.45, 2.75) is 12.6 Å². The SMILES string of the molecule is CN(C)c1ccc(C(=O)Cc2c(Cl)cncc2Cl)c2cc(C(F)(F)F)nn12. The number of Topliss-reactive ketones (excluding diaryl/α,β-unsaturated/α-hetero) is 1. The number of alkyl halides is 3. The molecule has 0 radical (unpaired) electrons. The molecular formula is C17H13Cl2F3N4O. The first-order valence-corrected chi connectivity index (χ1v) is 8.43. The number of carbonyl (C=O) groups is 1. The summed E-state index contributed by atoms with van der Waals surface area (Å²) in [7, 11) is 3.34. The number of carbonyl (C=O) groups excluding carboxylic acids is 1. The second kappa shape index (κ2) is 7.01. The predicted molar refractivity (Wildman–Crippen MR) is 96.8 cm³/mol. The third-order valence-corrected chi connectivity index (χ3v) is 4.59. The summed E-state index contributed by atoms with van der Waals surface area (Å²) in [5.74, 6) is -0.0362. The Bertz CT molecular complexity index is 1010. The molecule has 3 heterocycles. The molecule has 3 aromatic heterocycles. The number of ketones is 1. The quantitative estimate of drug-likeness (QED) is 0.585. The zero-order valence-electron chi connectivity index (χ0n) is 14.2. The largest absolute Gasteiger partial charge is 0.435 e. The molecule has 0 aliphatic heterocycles. The normalized spacial score (nSPS) is 11.8. The van der Waals surface area contributed by atoms with Crippen molar-refractivity contribution < 1.29 is 18.0 Å². The van der Waals surface area contributed by atoms with E-state index in [1.165, 1.54) is 24.5 Å². The van der Waals surface area contributed by atoms with Gasteiger partial charge in [0.05, 0.1) is 15.6 Å². The van der Waals surface area contributed by atoms with Gasteiger partial charge in [0, 0.05) is 44.0 Å². The van der Waals surface area contributed by atoms with Crippen LogP contribution in [0.2, 0.25) is 10.0 Å². The second-order valence-corrected chi connectivity index (χ2v) is 6.82. The number of hydrogen-bond donors (Lipinski definition) is 0. The molecule has 142 valence electrons. The van der Waals surface area contributed by atoms with E-state index in [0.29, 0.717) is 11.4 Å². The van der Waals surface area contributed by atoms with Crippen molar-refractivity contribution in [2.24, 2.45) is 0 Å². The summed E-state index contributed by atoms with van der Waals surface area (Å²) in [6, 6.07) is 3.86. The molecule has 3 rings (SSSR count). The average Bonchev–Trinajstić information content (AvgIpc) is 3.02. The summed E-state index contributed by atoms with van der Waals surface area (Å²) >= 11 is 12.1. The Hall–Kier alpha value is -2.32. The van der Waals surface area contributed by atoms with Crippen molar-refractivity contribution in [3.05, 3.63) is 57.5 Å².